The summed E-state index contributed by atoms with van der Waals surface area (Å²) in [6, 6.07) is 12.2. The molecule has 0 radical (unpaired) electrons. The molecule has 4 nitrogen and oxygen atoms in total. The summed E-state index contributed by atoms with van der Waals surface area (Å²) in [5.41, 5.74) is 4.49. The maximum Gasteiger partial charge on any atom is 0.146 e. The summed E-state index contributed by atoms with van der Waals surface area (Å²) in [4.78, 5) is 1.62. The topological polar surface area (TPSA) is 50.9 Å². The lowest BCUT2D eigenvalue weighted by Crippen LogP contribution is -2.23. The molecule has 1 aromatic heterocycles. The van der Waals surface area contributed by atoms with Crippen LogP contribution in [0.25, 0.3) is 16.7 Å². The first-order valence-electron chi connectivity index (χ1n) is 12.4. The first kappa shape index (κ1) is 24.3. The van der Waals surface area contributed by atoms with Crippen LogP contribution in [0.4, 0.5) is 0 Å². The molecule has 0 saturated heterocycles. The molecule has 0 saturated carbocycles. The predicted molar refractivity (Wildman–Crippen MR) is 135 cm³/mol. The van der Waals surface area contributed by atoms with Crippen LogP contribution in [-0.2, 0) is 10.8 Å². The molecule has 0 spiro atoms. The number of hydrogen-bond donors (Lipinski definition) is 1. The van der Waals surface area contributed by atoms with E-state index in [0.29, 0.717) is 11.4 Å². The Morgan fingerprint density at radius 1 is 0.781 bits per heavy atom. The average Bonchev–Trinajstić information content (AvgIpc) is 3.18. The molecule has 0 amide bonds. The summed E-state index contributed by atoms with van der Waals surface area (Å²) in [5.74, 6) is 0.305. The van der Waals surface area contributed by atoms with Gasteiger partial charge in [0.25, 0.3) is 0 Å². The van der Waals surface area contributed by atoms with E-state index in [4.69, 9.17) is 0 Å². The molecule has 1 heterocycles. The molecule has 3 rings (SSSR count). The fourth-order valence-corrected chi connectivity index (χ4v) is 4.56. The van der Waals surface area contributed by atoms with Crippen molar-refractivity contribution in [2.75, 3.05) is 0 Å². The highest BCUT2D eigenvalue weighted by Crippen LogP contribution is 2.42. The minimum atomic E-state index is -0.129. The molecular formula is C28H41N3O. The standard InChI is InChI=1S/C28H41N3O/c1-7-9-13-17-27(3,4)21-19-22(28(5,6)18-14-10-8-2)26(32)25(20-21)31-29-23-15-11-12-16-24(23)30-31/h11-12,15-16,19-20,32H,7-10,13-14,17-18H2,1-6H3. The van der Waals surface area contributed by atoms with Gasteiger partial charge in [0.15, 0.2) is 0 Å². The highest BCUT2D eigenvalue weighted by atomic mass is 16.3. The Morgan fingerprint density at radius 2 is 1.31 bits per heavy atom. The Labute approximate surface area is 194 Å². The van der Waals surface area contributed by atoms with Crippen molar-refractivity contribution in [1.29, 1.82) is 0 Å². The smallest absolute Gasteiger partial charge is 0.146 e. The number of rotatable bonds is 11. The van der Waals surface area contributed by atoms with Gasteiger partial charge in [-0.1, -0.05) is 98.3 Å². The van der Waals surface area contributed by atoms with Crippen LogP contribution < -0.4 is 0 Å². The maximum absolute atomic E-state index is 11.5. The van der Waals surface area contributed by atoms with E-state index in [9.17, 15) is 5.11 Å². The summed E-state index contributed by atoms with van der Waals surface area (Å²) in [6.45, 7) is 13.6. The van der Waals surface area contributed by atoms with E-state index < -0.39 is 0 Å². The van der Waals surface area contributed by atoms with Crippen molar-refractivity contribution in [2.24, 2.45) is 0 Å². The van der Waals surface area contributed by atoms with Gasteiger partial charge in [0.1, 0.15) is 22.5 Å². The summed E-state index contributed by atoms with van der Waals surface area (Å²) in [6.07, 6.45) is 9.40. The fraction of sp³-hybridized carbons (Fsp3) is 0.571. The van der Waals surface area contributed by atoms with Gasteiger partial charge in [-0.25, -0.2) is 0 Å². The molecular weight excluding hydrogens is 394 g/mol. The van der Waals surface area contributed by atoms with Crippen LogP contribution in [0.2, 0.25) is 0 Å². The number of fused-ring (bicyclic) bond motifs is 1. The Kier molecular flexibility index (Phi) is 7.63. The van der Waals surface area contributed by atoms with Crippen molar-refractivity contribution in [3.8, 4) is 11.4 Å². The van der Waals surface area contributed by atoms with E-state index in [-0.39, 0.29) is 10.8 Å². The number of nitrogens with zero attached hydrogens (tertiary/aromatic N) is 3. The number of aromatic hydroxyl groups is 1. The Morgan fingerprint density at radius 3 is 1.84 bits per heavy atom. The molecule has 2 aromatic carbocycles. The van der Waals surface area contributed by atoms with Gasteiger partial charge in [-0.2, -0.15) is 0 Å². The molecule has 0 aliphatic carbocycles. The molecule has 0 atom stereocenters. The van der Waals surface area contributed by atoms with Crippen LogP contribution in [0.1, 0.15) is 104 Å². The Hall–Kier alpha value is -2.36. The molecule has 0 fully saturated rings. The number of aromatic nitrogens is 3. The van der Waals surface area contributed by atoms with Crippen molar-refractivity contribution < 1.29 is 5.11 Å². The van der Waals surface area contributed by atoms with Gasteiger partial charge in [0, 0.05) is 5.56 Å². The van der Waals surface area contributed by atoms with Gasteiger partial charge in [-0.15, -0.1) is 15.0 Å². The highest BCUT2D eigenvalue weighted by Gasteiger charge is 2.30. The minimum Gasteiger partial charge on any atom is -0.505 e. The van der Waals surface area contributed by atoms with Crippen LogP contribution in [0.5, 0.6) is 5.75 Å². The molecule has 174 valence electrons. The van der Waals surface area contributed by atoms with E-state index in [2.05, 4.69) is 63.9 Å². The average molecular weight is 436 g/mol. The van der Waals surface area contributed by atoms with Crippen molar-refractivity contribution in [3.05, 3.63) is 47.5 Å². The Bertz CT molecular complexity index is 999. The van der Waals surface area contributed by atoms with E-state index in [1.807, 2.05) is 24.3 Å². The highest BCUT2D eigenvalue weighted by molar-refractivity contribution is 5.74. The van der Waals surface area contributed by atoms with Gasteiger partial charge < -0.3 is 5.11 Å². The van der Waals surface area contributed by atoms with Crippen molar-refractivity contribution in [2.45, 2.75) is 104 Å². The number of phenols is 1. The van der Waals surface area contributed by atoms with Crippen LogP contribution in [0.15, 0.2) is 36.4 Å². The third-order valence-corrected chi connectivity index (χ3v) is 6.91. The predicted octanol–water partition coefficient (Wildman–Crippen LogP) is 7.84. The number of benzene rings is 2. The van der Waals surface area contributed by atoms with E-state index in [1.165, 1.54) is 37.7 Å². The van der Waals surface area contributed by atoms with Gasteiger partial charge in [0.2, 0.25) is 0 Å². The molecule has 3 aromatic rings. The second kappa shape index (κ2) is 10.1. The quantitative estimate of drug-likeness (QED) is 0.312. The molecule has 0 aliphatic heterocycles. The zero-order valence-corrected chi connectivity index (χ0v) is 20.9. The molecule has 0 unspecified atom stereocenters. The normalized spacial score (nSPS) is 12.6. The lowest BCUT2D eigenvalue weighted by Gasteiger charge is -2.32. The molecule has 4 heteroatoms. The van der Waals surface area contributed by atoms with Gasteiger partial charge in [-0.3, -0.25) is 0 Å². The van der Waals surface area contributed by atoms with Crippen molar-refractivity contribution in [1.82, 2.24) is 15.0 Å². The fourth-order valence-electron chi connectivity index (χ4n) is 4.56. The van der Waals surface area contributed by atoms with Crippen LogP contribution in [-0.4, -0.2) is 20.1 Å². The second-order valence-electron chi connectivity index (χ2n) is 10.6. The molecule has 32 heavy (non-hydrogen) atoms. The third-order valence-electron chi connectivity index (χ3n) is 6.91. The van der Waals surface area contributed by atoms with Crippen molar-refractivity contribution >= 4 is 11.0 Å². The Balaban J connectivity index is 2.12. The summed E-state index contributed by atoms with van der Waals surface area (Å²) < 4.78 is 0. The lowest BCUT2D eigenvalue weighted by molar-refractivity contribution is 0.399. The second-order valence-corrected chi connectivity index (χ2v) is 10.6. The number of phenolic OH excluding ortho intramolecular Hbond substituents is 1. The first-order valence-corrected chi connectivity index (χ1v) is 12.4. The summed E-state index contributed by atoms with van der Waals surface area (Å²) in [5, 5.41) is 20.8. The summed E-state index contributed by atoms with van der Waals surface area (Å²) >= 11 is 0. The number of hydrogen-bond acceptors (Lipinski definition) is 3. The first-order chi connectivity index (χ1) is 15.2. The maximum atomic E-state index is 11.5. The molecule has 0 aliphatic rings. The molecule has 1 N–H and O–H groups in total. The zero-order valence-electron chi connectivity index (χ0n) is 20.9. The zero-order chi connectivity index (χ0) is 23.4. The minimum absolute atomic E-state index is 0.0123. The van der Waals surface area contributed by atoms with E-state index >= 15 is 0 Å². The van der Waals surface area contributed by atoms with E-state index in [0.717, 1.165) is 35.9 Å². The lowest BCUT2D eigenvalue weighted by atomic mass is 9.74. The monoisotopic (exact) mass is 435 g/mol. The molecule has 0 bridgehead atoms. The van der Waals surface area contributed by atoms with Crippen LogP contribution in [0, 0.1) is 0 Å². The third kappa shape index (κ3) is 5.33. The van der Waals surface area contributed by atoms with E-state index in [1.54, 1.807) is 4.80 Å². The van der Waals surface area contributed by atoms with Crippen molar-refractivity contribution in [3.63, 3.8) is 0 Å². The SMILES string of the molecule is CCCCCC(C)(C)c1cc(-n2nc3ccccc3n2)c(O)c(C(C)(C)CCCCC)c1. The van der Waals surface area contributed by atoms with Gasteiger partial charge >= 0.3 is 0 Å². The van der Waals surface area contributed by atoms with Crippen LogP contribution in [0.3, 0.4) is 0 Å². The largest absolute Gasteiger partial charge is 0.505 e. The van der Waals surface area contributed by atoms with Gasteiger partial charge in [-0.05, 0) is 47.4 Å². The summed E-state index contributed by atoms with van der Waals surface area (Å²) in [7, 11) is 0. The van der Waals surface area contributed by atoms with Crippen LogP contribution >= 0.6 is 0 Å². The number of unbranched alkanes of at least 4 members (excludes halogenated alkanes) is 4. The van der Waals surface area contributed by atoms with Gasteiger partial charge in [0.05, 0.1) is 0 Å².